The van der Waals surface area contributed by atoms with Gasteiger partial charge in [-0.1, -0.05) is 0 Å². The first-order chi connectivity index (χ1) is 2.83. The third kappa shape index (κ3) is 123. The van der Waals surface area contributed by atoms with Crippen LogP contribution in [0.25, 0.3) is 0 Å². The first-order valence-corrected chi connectivity index (χ1v) is 4.97. The predicted molar refractivity (Wildman–Crippen MR) is 23.0 cm³/mol. The standard InChI is InChI=1S/C2H3N.2ClH.Pd/c1-2-3;;;/h1H3;2*1H;/q;;;+2/p-2. The molecule has 0 aliphatic heterocycles. The van der Waals surface area contributed by atoms with Crippen molar-refractivity contribution in [3.8, 4) is 6.07 Å². The van der Waals surface area contributed by atoms with Crippen molar-refractivity contribution >= 4 is 19.1 Å². The fourth-order valence-corrected chi connectivity index (χ4v) is 0. The van der Waals surface area contributed by atoms with E-state index in [0.29, 0.717) is 0 Å². The van der Waals surface area contributed by atoms with Crippen LogP contribution in [0.5, 0.6) is 0 Å². The van der Waals surface area contributed by atoms with Crippen LogP contribution in [0, 0.1) is 11.3 Å². The monoisotopic (exact) mass is 217 g/mol. The molecule has 0 aliphatic carbocycles. The van der Waals surface area contributed by atoms with Crippen molar-refractivity contribution in [3.63, 3.8) is 0 Å². The van der Waals surface area contributed by atoms with Crippen LogP contribution in [0.2, 0.25) is 0 Å². The molecule has 0 N–H and O–H groups in total. The summed E-state index contributed by atoms with van der Waals surface area (Å²) in [6.07, 6.45) is 0. The summed E-state index contributed by atoms with van der Waals surface area (Å²) in [6.45, 7) is 1.43. The van der Waals surface area contributed by atoms with E-state index in [2.05, 4.69) is 0 Å². The molecule has 0 saturated carbocycles. The van der Waals surface area contributed by atoms with Gasteiger partial charge in [-0.3, -0.25) is 0 Å². The van der Waals surface area contributed by atoms with Crippen molar-refractivity contribution in [2.75, 3.05) is 0 Å². The quantitative estimate of drug-likeness (QED) is 0.570. The third-order valence-electron chi connectivity index (χ3n) is 0. The van der Waals surface area contributed by atoms with Crippen LogP contribution in [0.1, 0.15) is 6.92 Å². The molecule has 0 saturated heterocycles. The zero-order valence-electron chi connectivity index (χ0n) is 3.02. The van der Waals surface area contributed by atoms with Gasteiger partial charge in [0.2, 0.25) is 0 Å². The summed E-state index contributed by atoms with van der Waals surface area (Å²) in [7, 11) is 9.63. The Hall–Kier alpha value is 0.732. The summed E-state index contributed by atoms with van der Waals surface area (Å²) < 4.78 is 0. The number of hydrogen-bond acceptors (Lipinski definition) is 1. The molecule has 0 amide bonds. The second-order valence-corrected chi connectivity index (χ2v) is 2.63. The van der Waals surface area contributed by atoms with Crippen molar-refractivity contribution in [1.82, 2.24) is 0 Å². The summed E-state index contributed by atoms with van der Waals surface area (Å²) >= 11 is -0.106. The topological polar surface area (TPSA) is 23.8 Å². The van der Waals surface area contributed by atoms with Crippen molar-refractivity contribution < 1.29 is 15.9 Å². The third-order valence-corrected chi connectivity index (χ3v) is 0. The molecule has 0 spiro atoms. The van der Waals surface area contributed by atoms with E-state index in [4.69, 9.17) is 24.3 Å². The van der Waals surface area contributed by atoms with Crippen LogP contribution in [-0.2, 0) is 15.9 Å². The molecule has 40 valence electrons. The summed E-state index contributed by atoms with van der Waals surface area (Å²) in [5.74, 6) is 0. The van der Waals surface area contributed by atoms with Gasteiger partial charge in [0, 0.05) is 6.92 Å². The molecule has 4 heteroatoms. The number of rotatable bonds is 0. The Balaban J connectivity index is 0. The summed E-state index contributed by atoms with van der Waals surface area (Å²) in [6, 6.07) is 1.75. The van der Waals surface area contributed by atoms with E-state index in [1.165, 1.54) is 6.92 Å². The van der Waals surface area contributed by atoms with E-state index in [9.17, 15) is 0 Å². The van der Waals surface area contributed by atoms with Gasteiger partial charge >= 0.3 is 35.0 Å². The molecule has 0 atom stereocenters. The molecule has 0 heterocycles. The van der Waals surface area contributed by atoms with Gasteiger partial charge in [0.15, 0.2) is 0 Å². The summed E-state index contributed by atoms with van der Waals surface area (Å²) in [4.78, 5) is 0. The SMILES string of the molecule is CC#N.[Cl][Pd][Cl]. The Bertz CT molecular complexity index is 41.3. The molecule has 0 fully saturated rings. The van der Waals surface area contributed by atoms with Gasteiger partial charge in [-0.15, -0.1) is 0 Å². The minimum absolute atomic E-state index is 0.106. The van der Waals surface area contributed by atoms with Gasteiger partial charge in [0.1, 0.15) is 0 Å². The zero-order chi connectivity index (χ0) is 5.41. The van der Waals surface area contributed by atoms with E-state index < -0.39 is 0 Å². The minimum atomic E-state index is -0.106. The van der Waals surface area contributed by atoms with Crippen molar-refractivity contribution in [1.29, 1.82) is 5.26 Å². The summed E-state index contributed by atoms with van der Waals surface area (Å²) in [5.41, 5.74) is 0. The molecule has 0 aromatic rings. The van der Waals surface area contributed by atoms with E-state index in [-0.39, 0.29) is 15.9 Å². The van der Waals surface area contributed by atoms with Gasteiger partial charge in [-0.2, -0.15) is 5.26 Å². The van der Waals surface area contributed by atoms with Gasteiger partial charge in [0.25, 0.3) is 0 Å². The Morgan fingerprint density at radius 1 is 1.67 bits per heavy atom. The predicted octanol–water partition coefficient (Wildman–Crippen LogP) is 1.91. The Morgan fingerprint density at radius 2 is 1.67 bits per heavy atom. The van der Waals surface area contributed by atoms with Crippen LogP contribution >= 0.6 is 19.1 Å². The van der Waals surface area contributed by atoms with Gasteiger partial charge in [-0.25, -0.2) is 0 Å². The van der Waals surface area contributed by atoms with E-state index in [1.807, 2.05) is 0 Å². The van der Waals surface area contributed by atoms with Gasteiger partial charge in [-0.05, 0) is 0 Å². The fraction of sp³-hybridized carbons (Fsp3) is 0.500. The first-order valence-electron chi connectivity index (χ1n) is 0.963. The number of nitrogens with zero attached hydrogens (tertiary/aromatic N) is 1. The maximum absolute atomic E-state index is 7.32. The number of halogens is 2. The number of nitriles is 1. The van der Waals surface area contributed by atoms with Crippen LogP contribution in [0.4, 0.5) is 0 Å². The molecule has 0 radical (unpaired) electrons. The van der Waals surface area contributed by atoms with Crippen molar-refractivity contribution in [2.45, 2.75) is 6.92 Å². The van der Waals surface area contributed by atoms with E-state index >= 15 is 0 Å². The van der Waals surface area contributed by atoms with Crippen LogP contribution in [0.15, 0.2) is 0 Å². The molecule has 1 nitrogen and oxygen atoms in total. The molecular weight excluding hydrogens is 215 g/mol. The summed E-state index contributed by atoms with van der Waals surface area (Å²) in [5, 5.41) is 7.32. The second kappa shape index (κ2) is 17.2. The Kier molecular flexibility index (Phi) is 28.3. The Labute approximate surface area is 53.3 Å². The molecule has 0 aromatic carbocycles. The van der Waals surface area contributed by atoms with Crippen LogP contribution in [0.3, 0.4) is 0 Å². The Morgan fingerprint density at radius 3 is 1.67 bits per heavy atom. The van der Waals surface area contributed by atoms with Gasteiger partial charge in [0.05, 0.1) is 6.07 Å². The average Bonchev–Trinajstić information content (AvgIpc) is 1.39. The van der Waals surface area contributed by atoms with Crippen LogP contribution in [-0.4, -0.2) is 0 Å². The molecular formula is C2H3Cl2NPd. The van der Waals surface area contributed by atoms with Crippen molar-refractivity contribution in [2.24, 2.45) is 0 Å². The molecule has 6 heavy (non-hydrogen) atoms. The molecule has 0 aromatic heterocycles. The number of hydrogen-bond donors (Lipinski definition) is 0. The van der Waals surface area contributed by atoms with Gasteiger partial charge < -0.3 is 0 Å². The molecule has 0 bridgehead atoms. The molecule has 0 unspecified atom stereocenters. The average molecular weight is 218 g/mol. The first kappa shape index (κ1) is 9.88. The second-order valence-electron chi connectivity index (χ2n) is 0.269. The zero-order valence-corrected chi connectivity index (χ0v) is 6.09. The fourth-order valence-electron chi connectivity index (χ4n) is 0. The van der Waals surface area contributed by atoms with Crippen LogP contribution < -0.4 is 0 Å². The maximum atomic E-state index is 7.32. The van der Waals surface area contributed by atoms with Crippen molar-refractivity contribution in [3.05, 3.63) is 0 Å². The van der Waals surface area contributed by atoms with E-state index in [1.54, 1.807) is 6.07 Å². The normalized spacial score (nSPS) is 5.00. The molecule has 0 rings (SSSR count). The molecule has 0 aliphatic rings. The van der Waals surface area contributed by atoms with E-state index in [0.717, 1.165) is 0 Å².